The summed E-state index contributed by atoms with van der Waals surface area (Å²) in [4.78, 5) is 54.6. The van der Waals surface area contributed by atoms with E-state index in [4.69, 9.17) is 24.9 Å². The van der Waals surface area contributed by atoms with Crippen LogP contribution in [-0.4, -0.2) is 84.6 Å². The molecule has 14 nitrogen and oxygen atoms in total. The van der Waals surface area contributed by atoms with Crippen molar-refractivity contribution in [2.45, 2.75) is 45.6 Å². The number of ether oxygens (including phenoxy) is 1. The fourth-order valence-corrected chi connectivity index (χ4v) is 9.01. The number of anilines is 2. The molecule has 0 saturated carbocycles. The number of aromatic nitrogens is 6. The number of ketones is 1. The van der Waals surface area contributed by atoms with Crippen molar-refractivity contribution in [1.29, 1.82) is 0 Å². The summed E-state index contributed by atoms with van der Waals surface area (Å²) in [6.07, 6.45) is 6.56. The Kier molecular flexibility index (Phi) is 15.1. The van der Waals surface area contributed by atoms with E-state index in [1.54, 1.807) is 36.2 Å². The minimum atomic E-state index is -0.106. The molecule has 66 heavy (non-hydrogen) atoms. The van der Waals surface area contributed by atoms with E-state index in [9.17, 15) is 9.59 Å². The average Bonchev–Trinajstić information content (AvgIpc) is 4.04. The summed E-state index contributed by atoms with van der Waals surface area (Å²) in [5.74, 6) is 1.56. The van der Waals surface area contributed by atoms with Crippen LogP contribution in [0.25, 0.3) is 33.7 Å². The van der Waals surface area contributed by atoms with Crippen LogP contribution in [0.1, 0.15) is 51.3 Å². The summed E-state index contributed by atoms with van der Waals surface area (Å²) in [5, 5.41) is 29.9. The van der Waals surface area contributed by atoms with Crippen LogP contribution in [0.4, 0.5) is 16.0 Å². The number of aryl methyl sites for hydroxylation is 4. The van der Waals surface area contributed by atoms with Gasteiger partial charge in [0.2, 0.25) is 0 Å². The van der Waals surface area contributed by atoms with Gasteiger partial charge in [-0.2, -0.15) is 0 Å². The number of carbonyl (C=O) groups excluding carboxylic acids is 1. The lowest BCUT2D eigenvalue weighted by atomic mass is 9.96. The number of methoxy groups -OCH3 is 1. The normalized spacial score (nSPS) is 12.0. The summed E-state index contributed by atoms with van der Waals surface area (Å²) >= 11 is 2.86. The molecule has 16 heteroatoms. The minimum absolute atomic E-state index is 0.0149. The minimum Gasteiger partial charge on any atom is -0.497 e. The zero-order valence-electron chi connectivity index (χ0n) is 36.6. The van der Waals surface area contributed by atoms with Crippen molar-refractivity contribution in [3.63, 3.8) is 0 Å². The smallest absolute Gasteiger partial charge is 0.261 e. The topological polar surface area (TPSA) is 190 Å². The van der Waals surface area contributed by atoms with E-state index in [2.05, 4.69) is 54.8 Å². The van der Waals surface area contributed by atoms with E-state index >= 15 is 0 Å². The second-order valence-electron chi connectivity index (χ2n) is 15.4. The van der Waals surface area contributed by atoms with Gasteiger partial charge in [-0.15, -0.1) is 22.7 Å². The van der Waals surface area contributed by atoms with Crippen LogP contribution in [0.2, 0.25) is 0 Å². The average molecular weight is 920 g/mol. The Morgan fingerprint density at radius 2 is 1.35 bits per heavy atom. The number of benzene rings is 3. The largest absolute Gasteiger partial charge is 0.497 e. The highest BCUT2D eigenvalue weighted by molar-refractivity contribution is 7.14. The third-order valence-electron chi connectivity index (χ3n) is 11.0. The number of aliphatic imine (C=N–C) groups is 1. The quantitative estimate of drug-likeness (QED) is 0.0684. The zero-order chi connectivity index (χ0) is 45.8. The molecule has 0 aliphatic carbocycles. The molecule has 0 saturated heterocycles. The van der Waals surface area contributed by atoms with Crippen LogP contribution in [-0.2, 0) is 25.8 Å². The van der Waals surface area contributed by atoms with Gasteiger partial charge in [-0.25, -0.2) is 15.0 Å². The van der Waals surface area contributed by atoms with Gasteiger partial charge in [0.15, 0.2) is 16.0 Å². The Morgan fingerprint density at radius 3 is 1.98 bits per heavy atom. The van der Waals surface area contributed by atoms with Crippen molar-refractivity contribution in [1.82, 2.24) is 29.5 Å². The number of nitrogens with one attached hydrogen (secondary N) is 2. The molecule has 6 heterocycles. The van der Waals surface area contributed by atoms with Gasteiger partial charge in [-0.05, 0) is 72.7 Å². The Morgan fingerprint density at radius 1 is 0.727 bits per heavy atom. The Bertz CT molecular complexity index is 3030. The molecular weight excluding hydrogens is 871 g/mol. The second kappa shape index (κ2) is 21.8. The highest BCUT2D eigenvalue weighted by Gasteiger charge is 2.25. The van der Waals surface area contributed by atoms with Gasteiger partial charge >= 0.3 is 0 Å². The molecule has 336 valence electrons. The summed E-state index contributed by atoms with van der Waals surface area (Å²) in [6.45, 7) is 3.33. The van der Waals surface area contributed by atoms with Crippen molar-refractivity contribution < 1.29 is 19.7 Å². The number of aliphatic hydroxyl groups is 2. The molecule has 4 N–H and O–H groups in total. The molecule has 1 aliphatic heterocycles. The molecular formula is C50H49N9O5S2. The Balaban J connectivity index is 0.000000188. The molecule has 0 atom stereocenters. The summed E-state index contributed by atoms with van der Waals surface area (Å²) in [7, 11) is 1.65. The first-order chi connectivity index (χ1) is 32.3. The Hall–Kier alpha value is -6.98. The molecule has 3 aromatic carbocycles. The third kappa shape index (κ3) is 10.9. The highest BCUT2D eigenvalue weighted by Crippen LogP contribution is 2.37. The second-order valence-corrected chi connectivity index (χ2v) is 17.2. The number of Topliss-reactive ketones (excluding diaryl/α,β-unsaturated/α-hetero) is 1. The predicted molar refractivity (Wildman–Crippen MR) is 263 cm³/mol. The molecule has 8 aromatic rings. The fourth-order valence-electron chi connectivity index (χ4n) is 7.57. The number of rotatable bonds is 17. The number of carbonyl (C=O) groups is 1. The lowest BCUT2D eigenvalue weighted by Crippen LogP contribution is -2.27. The molecule has 1 aliphatic rings. The van der Waals surface area contributed by atoms with Gasteiger partial charge in [0.25, 0.3) is 5.56 Å². The molecule has 0 unspecified atom stereocenters. The lowest BCUT2D eigenvalue weighted by Gasteiger charge is -2.16. The number of aliphatic hydroxyl groups excluding tert-OH is 2. The maximum Gasteiger partial charge on any atom is 0.261 e. The molecule has 0 bridgehead atoms. The summed E-state index contributed by atoms with van der Waals surface area (Å²) in [5.41, 5.74) is 9.54. The highest BCUT2D eigenvalue weighted by atomic mass is 32.1. The Labute approximate surface area is 389 Å². The van der Waals surface area contributed by atoms with Gasteiger partial charge in [0, 0.05) is 60.4 Å². The molecule has 0 amide bonds. The number of hydrogen-bond donors (Lipinski definition) is 4. The number of pyridine rings is 2. The zero-order valence-corrected chi connectivity index (χ0v) is 38.2. The maximum absolute atomic E-state index is 13.9. The maximum atomic E-state index is 13.9. The van der Waals surface area contributed by atoms with Gasteiger partial charge in [0.05, 0.1) is 32.3 Å². The first kappa shape index (κ1) is 45.6. The standard InChI is InChI=1S/C29H29N5O3S.C21H20N4O2S/c1-19-16-22(37-2)10-9-21(19)17-34-25(11-8-20-6-4-3-5-7-20)33-26-23(28(34)36)12-13-30-27(26)24-18-38-29(32-24)31-14-15-35;26-11-10-23-21-25-17(13-28-21)20-19-16(8-9-22-20)18(27)12-15(24-19)7-6-14-4-2-1-3-5-14/h3-7,9-10,12-13,16,18,35H,8,11,14-15,17H2,1-2H3,(H,31,32);1-5,8-9,13,26H,6-7,10-12H2,(H,23,25). The monoisotopic (exact) mass is 919 g/mol. The van der Waals surface area contributed by atoms with Crippen LogP contribution in [0, 0.1) is 6.92 Å². The molecule has 0 spiro atoms. The lowest BCUT2D eigenvalue weighted by molar-refractivity contribution is 0.0999. The van der Waals surface area contributed by atoms with Crippen LogP contribution in [0.15, 0.2) is 124 Å². The molecule has 0 fully saturated rings. The van der Waals surface area contributed by atoms with E-state index < -0.39 is 0 Å². The van der Waals surface area contributed by atoms with Crippen LogP contribution >= 0.6 is 22.7 Å². The third-order valence-corrected chi connectivity index (χ3v) is 12.6. The van der Waals surface area contributed by atoms with E-state index in [-0.39, 0.29) is 24.6 Å². The predicted octanol–water partition coefficient (Wildman–Crippen LogP) is 8.37. The number of fused-ring (bicyclic) bond motifs is 2. The van der Waals surface area contributed by atoms with Crippen molar-refractivity contribution in [3.05, 3.63) is 158 Å². The molecule has 9 rings (SSSR count). The van der Waals surface area contributed by atoms with E-state index in [0.29, 0.717) is 93.5 Å². The molecule has 5 aromatic heterocycles. The fraction of sp³-hybridized carbons (Fsp3) is 0.240. The molecule has 0 radical (unpaired) electrons. The number of nitrogens with zero attached hydrogens (tertiary/aromatic N) is 7. The van der Waals surface area contributed by atoms with Crippen molar-refractivity contribution in [2.75, 3.05) is 44.0 Å². The van der Waals surface area contributed by atoms with Crippen LogP contribution in [0.3, 0.4) is 0 Å². The van der Waals surface area contributed by atoms with Gasteiger partial charge in [0.1, 0.15) is 45.6 Å². The number of hydrogen-bond acceptors (Lipinski definition) is 15. The van der Waals surface area contributed by atoms with Gasteiger partial charge in [-0.3, -0.25) is 29.1 Å². The van der Waals surface area contributed by atoms with E-state index in [1.807, 2.05) is 72.3 Å². The van der Waals surface area contributed by atoms with Crippen molar-refractivity contribution >= 4 is 61.0 Å². The van der Waals surface area contributed by atoms with E-state index in [0.717, 1.165) is 41.9 Å². The van der Waals surface area contributed by atoms with Gasteiger partial charge in [-0.1, -0.05) is 66.7 Å². The summed E-state index contributed by atoms with van der Waals surface area (Å²) < 4.78 is 7.14. The van der Waals surface area contributed by atoms with Crippen molar-refractivity contribution in [3.8, 4) is 28.5 Å². The first-order valence-electron chi connectivity index (χ1n) is 21.6. The van der Waals surface area contributed by atoms with E-state index in [1.165, 1.54) is 33.8 Å². The van der Waals surface area contributed by atoms with Gasteiger partial charge < -0.3 is 25.6 Å². The van der Waals surface area contributed by atoms with Crippen molar-refractivity contribution in [2.24, 2.45) is 4.99 Å². The van der Waals surface area contributed by atoms with Crippen LogP contribution in [0.5, 0.6) is 5.75 Å². The summed E-state index contributed by atoms with van der Waals surface area (Å²) in [6, 6.07) is 29.8. The number of thiazole rings is 2. The first-order valence-corrected chi connectivity index (χ1v) is 23.4. The van der Waals surface area contributed by atoms with Crippen LogP contribution < -0.4 is 20.9 Å². The SMILES string of the molecule is COc1ccc(Cn2c(CCc3ccccc3)nc3c(-c4csc(NCCO)n4)nccc3c2=O)c(C)c1.O=C1CC(CCc2ccccc2)=Nc2c1ccnc2-c1csc(NCCO)n1.